The number of hydrogen-bond acceptors (Lipinski definition) is 18. The highest BCUT2D eigenvalue weighted by Crippen LogP contribution is 2.31. The molecule has 0 bridgehead atoms. The molecule has 0 aliphatic carbocycles. The molecule has 7 heterocycles. The van der Waals surface area contributed by atoms with Gasteiger partial charge in [-0.05, 0) is 109 Å². The van der Waals surface area contributed by atoms with Gasteiger partial charge in [0.25, 0.3) is 11.8 Å². The molecule has 0 spiro atoms. The number of benzene rings is 2. The molecule has 2 aromatic carbocycles. The van der Waals surface area contributed by atoms with E-state index in [1.807, 2.05) is 121 Å². The van der Waals surface area contributed by atoms with Crippen LogP contribution in [0.2, 0.25) is 0 Å². The number of aromatic nitrogens is 10. The number of amidine groups is 1. The quantitative estimate of drug-likeness (QED) is 0.103. The summed E-state index contributed by atoms with van der Waals surface area (Å²) in [6, 6.07) is 27.5. The fourth-order valence-corrected chi connectivity index (χ4v) is 6.80. The topological polar surface area (TPSA) is 265 Å². The van der Waals surface area contributed by atoms with Crippen molar-refractivity contribution >= 4 is 11.5 Å². The van der Waals surface area contributed by atoms with Crippen molar-refractivity contribution in [2.75, 3.05) is 25.0 Å². The first-order chi connectivity index (χ1) is 32.7. The second kappa shape index (κ2) is 19.5. The molecule has 1 aliphatic heterocycles. The summed E-state index contributed by atoms with van der Waals surface area (Å²) >= 11 is 0. The third-order valence-corrected chi connectivity index (χ3v) is 11.0. The first-order valence-corrected chi connectivity index (χ1v) is 21.8. The number of aliphatic imine (C=N–C) groups is 1. The van der Waals surface area contributed by atoms with Crippen molar-refractivity contribution in [1.29, 1.82) is 10.5 Å². The summed E-state index contributed by atoms with van der Waals surface area (Å²) in [4.78, 5) is 31.6. The van der Waals surface area contributed by atoms with Crippen molar-refractivity contribution in [3.8, 4) is 80.7 Å². The Kier molecular flexibility index (Phi) is 13.2. The summed E-state index contributed by atoms with van der Waals surface area (Å²) in [6.45, 7) is 15.3. The lowest BCUT2D eigenvalue weighted by Gasteiger charge is -2.15. The van der Waals surface area contributed by atoms with Crippen molar-refractivity contribution in [1.82, 2.24) is 55.6 Å². The highest BCUT2D eigenvalue weighted by molar-refractivity contribution is 6.00. The molecule has 18 nitrogen and oxygen atoms in total. The average Bonchev–Trinajstić information content (AvgIpc) is 4.19. The summed E-state index contributed by atoms with van der Waals surface area (Å²) in [7, 11) is 0. The van der Waals surface area contributed by atoms with Gasteiger partial charge in [0.15, 0.2) is 0 Å². The van der Waals surface area contributed by atoms with Gasteiger partial charge in [-0.3, -0.25) is 24.9 Å². The van der Waals surface area contributed by atoms with Gasteiger partial charge in [0.05, 0.1) is 76.1 Å². The molecule has 350 valence electrons. The standard InChI is InChI=1S/C25H22N8O.C25H26N8O.5H2/c1-15-21(31-19(13-30-15)18-8-9-27-20(12-18)25(2,3)14-26)24-33-32-23(34-24)17-6-4-16(5-7-17)22-28-10-11-29-22;1-15(27)12-30-19-7-5-17(6-8-19)23-32-33-24(34-23)22-16(2)29-13-20(31-22)18-9-10-28-21(11-18)25(3,4)14-26;;;;;/h4-9,12-13H,10-11H2,1-3H3,(H,28,29);5-11,13,15,30H,12,27H2,1-4H3;5*1H. The van der Waals surface area contributed by atoms with Crippen LogP contribution < -0.4 is 16.4 Å². The summed E-state index contributed by atoms with van der Waals surface area (Å²) < 4.78 is 11.9. The van der Waals surface area contributed by atoms with E-state index < -0.39 is 10.8 Å². The number of aryl methyl sites for hydroxylation is 2. The Morgan fingerprint density at radius 3 is 1.56 bits per heavy atom. The normalized spacial score (nSPS) is 12.8. The number of nitriles is 2. The lowest BCUT2D eigenvalue weighted by atomic mass is 9.90. The molecule has 4 N–H and O–H groups in total. The van der Waals surface area contributed by atoms with Gasteiger partial charge < -0.3 is 25.2 Å². The fourth-order valence-electron chi connectivity index (χ4n) is 6.80. The minimum atomic E-state index is -0.716. The van der Waals surface area contributed by atoms with Gasteiger partial charge in [0, 0.05) is 72.2 Å². The van der Waals surface area contributed by atoms with Crippen LogP contribution in [0.15, 0.2) is 111 Å². The second-order valence-electron chi connectivity index (χ2n) is 17.2. The zero-order chi connectivity index (χ0) is 48.0. The molecular weight excluding hydrogens is 857 g/mol. The number of nitrogens with zero attached hydrogens (tertiary/aromatic N) is 13. The van der Waals surface area contributed by atoms with E-state index in [0.717, 1.165) is 52.4 Å². The van der Waals surface area contributed by atoms with Gasteiger partial charge in [-0.1, -0.05) is 12.1 Å². The van der Waals surface area contributed by atoms with E-state index in [1.165, 1.54) is 0 Å². The summed E-state index contributed by atoms with van der Waals surface area (Å²) in [5.41, 5.74) is 14.5. The van der Waals surface area contributed by atoms with Crippen molar-refractivity contribution in [2.45, 2.75) is 65.3 Å². The molecule has 18 heteroatoms. The number of pyridine rings is 2. The molecule has 1 aliphatic rings. The lowest BCUT2D eigenvalue weighted by Crippen LogP contribution is -2.25. The molecule has 68 heavy (non-hydrogen) atoms. The van der Waals surface area contributed by atoms with E-state index >= 15 is 0 Å². The maximum Gasteiger partial charge on any atom is 0.268 e. The molecule has 0 radical (unpaired) electrons. The van der Waals surface area contributed by atoms with E-state index in [2.05, 4.69) is 68.1 Å². The van der Waals surface area contributed by atoms with Gasteiger partial charge >= 0.3 is 0 Å². The molecule has 9 rings (SSSR count). The minimum absolute atomic E-state index is 0. The van der Waals surface area contributed by atoms with Crippen LogP contribution in [0.5, 0.6) is 0 Å². The van der Waals surface area contributed by atoms with E-state index in [4.69, 9.17) is 24.5 Å². The van der Waals surface area contributed by atoms with E-state index in [9.17, 15) is 10.5 Å². The zero-order valence-corrected chi connectivity index (χ0v) is 38.6. The van der Waals surface area contributed by atoms with E-state index in [0.29, 0.717) is 69.8 Å². The Hall–Kier alpha value is -8.61. The Morgan fingerprint density at radius 2 is 1.12 bits per heavy atom. The number of nitrogens with two attached hydrogens (primary N) is 1. The van der Waals surface area contributed by atoms with Crippen LogP contribution >= 0.6 is 0 Å². The van der Waals surface area contributed by atoms with Crippen LogP contribution in [-0.2, 0) is 10.8 Å². The molecule has 6 aromatic heterocycles. The largest absolute Gasteiger partial charge is 0.415 e. The summed E-state index contributed by atoms with van der Waals surface area (Å²) in [6.07, 6.45) is 6.71. The SMILES string of the molecule is Cc1ncc(-c2ccnc(C(C)(C)C#N)c2)nc1-c1nnc(-c2ccc(C3=NCCN3)cc2)o1.Cc1ncc(-c2ccnc(C(C)(C)C#N)c2)nc1-c1nnc(-c2ccc(NCC(C)N)cc2)o1.[HH].[HH].[HH].[HH].[HH]. The van der Waals surface area contributed by atoms with Gasteiger partial charge in [0.2, 0.25) is 11.8 Å². The Bertz CT molecular complexity index is 3220. The third kappa shape index (κ3) is 10.3. The van der Waals surface area contributed by atoms with Gasteiger partial charge in [0.1, 0.15) is 17.2 Å². The van der Waals surface area contributed by atoms with E-state index in [1.54, 1.807) is 24.8 Å². The number of nitrogens with one attached hydrogen (secondary N) is 2. The first-order valence-electron chi connectivity index (χ1n) is 21.8. The monoisotopic (exact) mass is 914 g/mol. The molecule has 8 aromatic rings. The Labute approximate surface area is 400 Å². The maximum atomic E-state index is 9.45. The Balaban J connectivity index is 0.000000361. The van der Waals surface area contributed by atoms with Crippen LogP contribution in [-0.4, -0.2) is 81.8 Å². The second-order valence-corrected chi connectivity index (χ2v) is 17.2. The summed E-state index contributed by atoms with van der Waals surface area (Å²) in [5.74, 6) is 2.27. The van der Waals surface area contributed by atoms with Crippen molar-refractivity contribution in [2.24, 2.45) is 10.7 Å². The zero-order valence-electron chi connectivity index (χ0n) is 38.6. The molecular formula is C50H58N16O2. The first kappa shape index (κ1) is 45.9. The Morgan fingerprint density at radius 1 is 0.662 bits per heavy atom. The number of rotatable bonds is 12. The maximum absolute atomic E-state index is 9.45. The number of hydrogen-bond donors (Lipinski definition) is 3. The summed E-state index contributed by atoms with van der Waals surface area (Å²) in [5, 5.41) is 42.3. The van der Waals surface area contributed by atoms with Gasteiger partial charge in [-0.15, -0.1) is 20.4 Å². The molecule has 1 unspecified atom stereocenters. The van der Waals surface area contributed by atoms with Gasteiger partial charge in [-0.25, -0.2) is 9.97 Å². The lowest BCUT2D eigenvalue weighted by molar-refractivity contribution is 0.580. The highest BCUT2D eigenvalue weighted by Gasteiger charge is 2.25. The van der Waals surface area contributed by atoms with Crippen molar-refractivity contribution in [3.63, 3.8) is 0 Å². The van der Waals surface area contributed by atoms with Crippen molar-refractivity contribution < 1.29 is 16.0 Å². The number of anilines is 1. The molecule has 0 fully saturated rings. The predicted molar refractivity (Wildman–Crippen MR) is 267 cm³/mol. The molecule has 0 saturated heterocycles. The fraction of sp³-hybridized carbons (Fsp3) is 0.260. The van der Waals surface area contributed by atoms with Gasteiger partial charge in [-0.2, -0.15) is 10.5 Å². The predicted octanol–water partition coefficient (Wildman–Crippen LogP) is 9.07. The average molecular weight is 915 g/mol. The van der Waals surface area contributed by atoms with Crippen LogP contribution in [0.4, 0.5) is 5.69 Å². The van der Waals surface area contributed by atoms with E-state index in [-0.39, 0.29) is 19.1 Å². The van der Waals surface area contributed by atoms with Crippen LogP contribution in [0.25, 0.3) is 68.6 Å². The highest BCUT2D eigenvalue weighted by atomic mass is 16.4. The smallest absolute Gasteiger partial charge is 0.268 e. The van der Waals surface area contributed by atoms with Crippen LogP contribution in [0.3, 0.4) is 0 Å². The third-order valence-electron chi connectivity index (χ3n) is 11.0. The van der Waals surface area contributed by atoms with Crippen LogP contribution in [0, 0.1) is 36.5 Å². The minimum Gasteiger partial charge on any atom is -0.415 e. The molecule has 0 saturated carbocycles. The van der Waals surface area contributed by atoms with Crippen molar-refractivity contribution in [3.05, 3.63) is 126 Å². The molecule has 1 atom stereocenters. The van der Waals surface area contributed by atoms with Crippen LogP contribution in [0.1, 0.15) is 70.1 Å². The molecule has 0 amide bonds.